The Hall–Kier alpha value is -0.820. The van der Waals surface area contributed by atoms with Crippen LogP contribution in [0.3, 0.4) is 0 Å². The van der Waals surface area contributed by atoms with E-state index in [0.29, 0.717) is 0 Å². The maximum Gasteiger partial charge on any atom is 0.116 e. The standard InChI is InChI=1S/C14H21O/c1-5-11-8-12(6-2)14(10(4)15)13(7-3)9-11/h8-10H,5-7H2,1-4H3. The quantitative estimate of drug-likeness (QED) is 0.711. The van der Waals surface area contributed by atoms with Gasteiger partial charge in [-0.25, -0.2) is 5.11 Å². The molecule has 83 valence electrons. The van der Waals surface area contributed by atoms with Crippen molar-refractivity contribution in [2.75, 3.05) is 0 Å². The van der Waals surface area contributed by atoms with Crippen molar-refractivity contribution < 1.29 is 5.11 Å². The van der Waals surface area contributed by atoms with E-state index < -0.39 is 6.10 Å². The molecule has 0 aliphatic rings. The molecule has 0 spiro atoms. The average molecular weight is 205 g/mol. The van der Waals surface area contributed by atoms with E-state index in [1.165, 1.54) is 16.7 Å². The third-order valence-corrected chi connectivity index (χ3v) is 2.99. The summed E-state index contributed by atoms with van der Waals surface area (Å²) in [7, 11) is 0. The van der Waals surface area contributed by atoms with Gasteiger partial charge < -0.3 is 0 Å². The second kappa shape index (κ2) is 5.32. The van der Waals surface area contributed by atoms with Gasteiger partial charge in [0, 0.05) is 0 Å². The average Bonchev–Trinajstić information content (AvgIpc) is 2.26. The number of hydrogen-bond acceptors (Lipinski definition) is 0. The monoisotopic (exact) mass is 205 g/mol. The molecule has 1 nitrogen and oxygen atoms in total. The minimum atomic E-state index is -0.596. The molecule has 0 bridgehead atoms. The molecule has 0 aliphatic heterocycles. The number of aryl methyl sites for hydroxylation is 3. The molecule has 1 heteroatoms. The molecule has 1 radical (unpaired) electrons. The lowest BCUT2D eigenvalue weighted by Crippen LogP contribution is -2.03. The van der Waals surface area contributed by atoms with Crippen molar-refractivity contribution in [2.24, 2.45) is 0 Å². The highest BCUT2D eigenvalue weighted by Crippen LogP contribution is 2.26. The van der Waals surface area contributed by atoms with Gasteiger partial charge in [-0.05, 0) is 48.4 Å². The second-order valence-corrected chi connectivity index (χ2v) is 4.03. The summed E-state index contributed by atoms with van der Waals surface area (Å²) >= 11 is 0. The Labute approximate surface area is 93.1 Å². The van der Waals surface area contributed by atoms with Crippen LogP contribution < -0.4 is 0 Å². The molecule has 1 aromatic rings. The third kappa shape index (κ3) is 2.60. The molecule has 1 rings (SSSR count). The van der Waals surface area contributed by atoms with Crippen LogP contribution in [0.4, 0.5) is 0 Å². The van der Waals surface area contributed by atoms with Crippen molar-refractivity contribution in [1.29, 1.82) is 0 Å². The fraction of sp³-hybridized carbons (Fsp3) is 0.571. The highest BCUT2D eigenvalue weighted by molar-refractivity contribution is 5.40. The van der Waals surface area contributed by atoms with Crippen LogP contribution in [0.2, 0.25) is 0 Å². The SMILES string of the molecule is CCc1cc(CC)c(C(C)[O])c(CC)c1. The predicted octanol–water partition coefficient (Wildman–Crippen LogP) is 3.87. The summed E-state index contributed by atoms with van der Waals surface area (Å²) in [5.74, 6) is 0. The van der Waals surface area contributed by atoms with Crippen molar-refractivity contribution in [3.8, 4) is 0 Å². The van der Waals surface area contributed by atoms with Gasteiger partial charge in [0.05, 0.1) is 0 Å². The van der Waals surface area contributed by atoms with E-state index >= 15 is 0 Å². The van der Waals surface area contributed by atoms with Crippen LogP contribution in [0.15, 0.2) is 12.1 Å². The zero-order valence-corrected chi connectivity index (χ0v) is 10.3. The molecule has 1 atom stereocenters. The lowest BCUT2D eigenvalue weighted by Gasteiger charge is -2.16. The normalized spacial score (nSPS) is 12.9. The van der Waals surface area contributed by atoms with Gasteiger partial charge in [0.25, 0.3) is 0 Å². The molecular weight excluding hydrogens is 184 g/mol. The van der Waals surface area contributed by atoms with Crippen molar-refractivity contribution in [3.05, 3.63) is 34.4 Å². The van der Waals surface area contributed by atoms with E-state index in [9.17, 15) is 5.11 Å². The first-order valence-corrected chi connectivity index (χ1v) is 5.94. The molecule has 1 unspecified atom stereocenters. The van der Waals surface area contributed by atoms with Crippen LogP contribution in [0, 0.1) is 0 Å². The summed E-state index contributed by atoms with van der Waals surface area (Å²) in [5.41, 5.74) is 4.88. The van der Waals surface area contributed by atoms with Crippen LogP contribution in [0.1, 0.15) is 56.1 Å². The lowest BCUT2D eigenvalue weighted by molar-refractivity contribution is 0.105. The fourth-order valence-corrected chi connectivity index (χ4v) is 2.16. The second-order valence-electron chi connectivity index (χ2n) is 4.03. The van der Waals surface area contributed by atoms with E-state index in [2.05, 4.69) is 32.9 Å². The van der Waals surface area contributed by atoms with Gasteiger partial charge in [0.2, 0.25) is 0 Å². The molecule has 0 amide bonds. The zero-order chi connectivity index (χ0) is 11.4. The topological polar surface area (TPSA) is 19.9 Å². The molecule has 0 aromatic heterocycles. The van der Waals surface area contributed by atoms with E-state index in [1.807, 2.05) is 0 Å². The van der Waals surface area contributed by atoms with Crippen molar-refractivity contribution in [3.63, 3.8) is 0 Å². The minimum Gasteiger partial charge on any atom is -0.228 e. The summed E-state index contributed by atoms with van der Waals surface area (Å²) in [6.45, 7) is 8.16. The third-order valence-electron chi connectivity index (χ3n) is 2.99. The Balaban J connectivity index is 3.32. The van der Waals surface area contributed by atoms with Gasteiger partial charge in [-0.2, -0.15) is 0 Å². The number of benzene rings is 1. The Kier molecular flexibility index (Phi) is 4.34. The molecule has 15 heavy (non-hydrogen) atoms. The summed E-state index contributed by atoms with van der Waals surface area (Å²) in [6.07, 6.45) is 2.37. The highest BCUT2D eigenvalue weighted by Gasteiger charge is 2.13. The van der Waals surface area contributed by atoms with Crippen LogP contribution in [0.25, 0.3) is 0 Å². The van der Waals surface area contributed by atoms with Gasteiger partial charge in [-0.1, -0.05) is 32.9 Å². The molecule has 0 N–H and O–H groups in total. The summed E-state index contributed by atoms with van der Waals surface area (Å²) in [4.78, 5) is 0. The summed E-state index contributed by atoms with van der Waals surface area (Å²) < 4.78 is 0. The van der Waals surface area contributed by atoms with Crippen molar-refractivity contribution in [2.45, 2.75) is 53.1 Å². The summed E-state index contributed by atoms with van der Waals surface area (Å²) in [6, 6.07) is 4.39. The zero-order valence-electron chi connectivity index (χ0n) is 10.3. The van der Waals surface area contributed by atoms with Gasteiger partial charge in [0.15, 0.2) is 0 Å². The lowest BCUT2D eigenvalue weighted by atomic mass is 9.91. The molecule has 0 heterocycles. The van der Waals surface area contributed by atoms with Gasteiger partial charge in [0.1, 0.15) is 6.10 Å². The van der Waals surface area contributed by atoms with Crippen LogP contribution in [0.5, 0.6) is 0 Å². The Morgan fingerprint density at radius 1 is 1.00 bits per heavy atom. The van der Waals surface area contributed by atoms with E-state index in [0.717, 1.165) is 24.8 Å². The number of rotatable bonds is 4. The van der Waals surface area contributed by atoms with Gasteiger partial charge >= 0.3 is 0 Å². The van der Waals surface area contributed by atoms with E-state index in [4.69, 9.17) is 0 Å². The predicted molar refractivity (Wildman–Crippen MR) is 63.7 cm³/mol. The minimum absolute atomic E-state index is 0.596. The first-order chi connectivity index (χ1) is 7.13. The summed E-state index contributed by atoms with van der Waals surface area (Å²) in [5, 5.41) is 11.7. The Bertz CT molecular complexity index is 301. The van der Waals surface area contributed by atoms with Crippen LogP contribution in [-0.2, 0) is 24.4 Å². The van der Waals surface area contributed by atoms with Crippen molar-refractivity contribution >= 4 is 0 Å². The van der Waals surface area contributed by atoms with Crippen LogP contribution in [-0.4, -0.2) is 0 Å². The first-order valence-electron chi connectivity index (χ1n) is 5.94. The molecule has 0 saturated carbocycles. The fourth-order valence-electron chi connectivity index (χ4n) is 2.16. The van der Waals surface area contributed by atoms with Gasteiger partial charge in [-0.15, -0.1) is 0 Å². The maximum atomic E-state index is 11.7. The molecule has 0 fully saturated rings. The first kappa shape index (κ1) is 12.3. The molecular formula is C14H21O. The molecule has 1 aromatic carbocycles. The molecule has 0 aliphatic carbocycles. The molecule has 0 saturated heterocycles. The Morgan fingerprint density at radius 3 is 1.73 bits per heavy atom. The van der Waals surface area contributed by atoms with E-state index in [-0.39, 0.29) is 0 Å². The van der Waals surface area contributed by atoms with E-state index in [1.54, 1.807) is 6.92 Å². The smallest absolute Gasteiger partial charge is 0.116 e. The number of hydrogen-bond donors (Lipinski definition) is 0. The maximum absolute atomic E-state index is 11.7. The van der Waals surface area contributed by atoms with Crippen molar-refractivity contribution in [1.82, 2.24) is 0 Å². The highest BCUT2D eigenvalue weighted by atomic mass is 16.3. The Morgan fingerprint density at radius 2 is 1.47 bits per heavy atom. The van der Waals surface area contributed by atoms with Crippen LogP contribution >= 0.6 is 0 Å². The largest absolute Gasteiger partial charge is 0.228 e. The van der Waals surface area contributed by atoms with Gasteiger partial charge in [-0.3, -0.25) is 0 Å².